The Kier molecular flexibility index (Phi) is 2.69. The highest BCUT2D eigenvalue weighted by atomic mass is 16.5. The summed E-state index contributed by atoms with van der Waals surface area (Å²) in [5, 5.41) is 7.54. The topological polar surface area (TPSA) is 51.0 Å². The summed E-state index contributed by atoms with van der Waals surface area (Å²) in [5.74, 6) is 3.82. The fraction of sp³-hybridized carbons (Fsp3) is 0.867. The molecule has 19 heavy (non-hydrogen) atoms. The summed E-state index contributed by atoms with van der Waals surface area (Å²) in [6, 6.07) is 0.569. The number of rotatable bonds is 4. The Morgan fingerprint density at radius 3 is 2.42 bits per heavy atom. The number of nitrogens with one attached hydrogen (secondary N) is 1. The molecule has 1 unspecified atom stereocenters. The molecule has 104 valence electrons. The van der Waals surface area contributed by atoms with Gasteiger partial charge >= 0.3 is 0 Å². The van der Waals surface area contributed by atoms with Gasteiger partial charge < -0.3 is 9.84 Å². The minimum absolute atomic E-state index is 0.554. The first-order valence-corrected chi connectivity index (χ1v) is 7.72. The van der Waals surface area contributed by atoms with Gasteiger partial charge in [0.15, 0.2) is 5.82 Å². The van der Waals surface area contributed by atoms with E-state index >= 15 is 0 Å². The molecule has 1 N–H and O–H groups in total. The molecule has 4 aliphatic rings. The van der Waals surface area contributed by atoms with Crippen molar-refractivity contribution in [3.8, 4) is 0 Å². The van der Waals surface area contributed by atoms with Crippen LogP contribution in [0.15, 0.2) is 10.9 Å². The lowest BCUT2D eigenvalue weighted by Gasteiger charge is -2.59. The second-order valence-corrected chi connectivity index (χ2v) is 7.23. The van der Waals surface area contributed by atoms with E-state index in [1.807, 2.05) is 0 Å². The highest BCUT2D eigenvalue weighted by Crippen LogP contribution is 2.61. The normalized spacial score (nSPS) is 41.6. The van der Waals surface area contributed by atoms with Gasteiger partial charge in [-0.1, -0.05) is 5.16 Å². The van der Waals surface area contributed by atoms with E-state index in [1.165, 1.54) is 44.9 Å². The summed E-state index contributed by atoms with van der Waals surface area (Å²) in [5.41, 5.74) is 0.554. The maximum absolute atomic E-state index is 4.79. The predicted molar refractivity (Wildman–Crippen MR) is 71.2 cm³/mol. The summed E-state index contributed by atoms with van der Waals surface area (Å²) in [7, 11) is 0. The Morgan fingerprint density at radius 1 is 1.26 bits per heavy atom. The number of hydrogen-bond donors (Lipinski definition) is 1. The monoisotopic (exact) mass is 261 g/mol. The van der Waals surface area contributed by atoms with Crippen molar-refractivity contribution in [1.29, 1.82) is 0 Å². The van der Waals surface area contributed by atoms with Gasteiger partial charge in [0.1, 0.15) is 0 Å². The molecule has 4 aliphatic carbocycles. The molecular weight excluding hydrogens is 238 g/mol. The summed E-state index contributed by atoms with van der Waals surface area (Å²) in [6.07, 6.45) is 10.3. The van der Waals surface area contributed by atoms with Gasteiger partial charge in [-0.2, -0.15) is 4.98 Å². The van der Waals surface area contributed by atoms with Crippen molar-refractivity contribution < 1.29 is 4.52 Å². The maximum atomic E-state index is 4.79. The molecule has 4 fully saturated rings. The van der Waals surface area contributed by atoms with Crippen LogP contribution in [0.1, 0.15) is 51.3 Å². The molecule has 1 heterocycles. The molecule has 5 rings (SSSR count). The first kappa shape index (κ1) is 11.9. The van der Waals surface area contributed by atoms with Gasteiger partial charge in [0.25, 0.3) is 0 Å². The van der Waals surface area contributed by atoms with Crippen molar-refractivity contribution >= 4 is 0 Å². The average Bonchev–Trinajstić information content (AvgIpc) is 2.87. The first-order valence-electron chi connectivity index (χ1n) is 7.72. The van der Waals surface area contributed by atoms with Gasteiger partial charge in [-0.05, 0) is 68.6 Å². The molecule has 1 aromatic rings. The maximum Gasteiger partial charge on any atom is 0.213 e. The van der Waals surface area contributed by atoms with Crippen molar-refractivity contribution in [2.24, 2.45) is 23.2 Å². The molecule has 4 nitrogen and oxygen atoms in total. The van der Waals surface area contributed by atoms with E-state index in [0.717, 1.165) is 30.1 Å². The van der Waals surface area contributed by atoms with Crippen LogP contribution in [0.25, 0.3) is 0 Å². The zero-order valence-electron chi connectivity index (χ0n) is 11.6. The van der Waals surface area contributed by atoms with E-state index < -0.39 is 0 Å². The molecule has 0 amide bonds. The number of aromatic nitrogens is 2. The minimum atomic E-state index is 0.554. The Labute approximate surface area is 114 Å². The zero-order valence-corrected chi connectivity index (χ0v) is 11.6. The van der Waals surface area contributed by atoms with Crippen LogP contribution in [0, 0.1) is 23.2 Å². The van der Waals surface area contributed by atoms with Crippen LogP contribution < -0.4 is 5.32 Å². The van der Waals surface area contributed by atoms with Crippen LogP contribution in [-0.4, -0.2) is 16.2 Å². The largest absolute Gasteiger partial charge is 0.343 e. The van der Waals surface area contributed by atoms with Gasteiger partial charge in [0.05, 0.1) is 6.54 Å². The van der Waals surface area contributed by atoms with Gasteiger partial charge in [-0.15, -0.1) is 0 Å². The molecule has 0 aliphatic heterocycles. The van der Waals surface area contributed by atoms with Crippen molar-refractivity contribution in [3.63, 3.8) is 0 Å². The van der Waals surface area contributed by atoms with E-state index in [9.17, 15) is 0 Å². The third kappa shape index (κ3) is 2.00. The highest BCUT2D eigenvalue weighted by Gasteiger charge is 2.52. The van der Waals surface area contributed by atoms with E-state index in [1.54, 1.807) is 0 Å². The molecule has 1 atom stereocenters. The highest BCUT2D eigenvalue weighted by molar-refractivity contribution is 5.05. The number of nitrogens with zero attached hydrogens (tertiary/aromatic N) is 2. The van der Waals surface area contributed by atoms with Gasteiger partial charge in [-0.3, -0.25) is 0 Å². The van der Waals surface area contributed by atoms with Crippen molar-refractivity contribution in [3.05, 3.63) is 12.2 Å². The minimum Gasteiger partial charge on any atom is -0.343 e. The molecule has 0 spiro atoms. The Balaban J connectivity index is 1.45. The van der Waals surface area contributed by atoms with Crippen LogP contribution in [0.4, 0.5) is 0 Å². The van der Waals surface area contributed by atoms with Crippen molar-refractivity contribution in [2.45, 2.75) is 58.0 Å². The van der Waals surface area contributed by atoms with Gasteiger partial charge in [0.2, 0.25) is 6.39 Å². The lowest BCUT2D eigenvalue weighted by atomic mass is 9.48. The Bertz CT molecular complexity index is 407. The fourth-order valence-corrected chi connectivity index (χ4v) is 5.44. The first-order chi connectivity index (χ1) is 9.23. The quantitative estimate of drug-likeness (QED) is 0.905. The average molecular weight is 261 g/mol. The van der Waals surface area contributed by atoms with Gasteiger partial charge in [0, 0.05) is 6.04 Å². The molecule has 0 aromatic carbocycles. The molecule has 1 aromatic heterocycles. The standard InChI is InChI=1S/C15H23N3O/c1-10(16-8-14-17-9-19-18-14)15-5-11-2-12(6-15)4-13(3-11)7-15/h9-13,16H,2-8H2,1H3. The van der Waals surface area contributed by atoms with E-state index in [2.05, 4.69) is 22.4 Å². The summed E-state index contributed by atoms with van der Waals surface area (Å²) >= 11 is 0. The lowest BCUT2D eigenvalue weighted by molar-refractivity contribution is -0.0707. The second kappa shape index (κ2) is 4.30. The van der Waals surface area contributed by atoms with Crippen LogP contribution >= 0.6 is 0 Å². The summed E-state index contributed by atoms with van der Waals surface area (Å²) in [6.45, 7) is 3.10. The summed E-state index contributed by atoms with van der Waals surface area (Å²) in [4.78, 5) is 4.09. The van der Waals surface area contributed by atoms with E-state index in [4.69, 9.17) is 4.52 Å². The predicted octanol–water partition coefficient (Wildman–Crippen LogP) is 2.76. The fourth-order valence-electron chi connectivity index (χ4n) is 5.44. The van der Waals surface area contributed by atoms with Crippen LogP contribution in [-0.2, 0) is 6.54 Å². The molecular formula is C15H23N3O. The van der Waals surface area contributed by atoms with E-state index in [-0.39, 0.29) is 0 Å². The zero-order chi connectivity index (χ0) is 12.9. The molecule has 4 saturated carbocycles. The smallest absolute Gasteiger partial charge is 0.213 e. The van der Waals surface area contributed by atoms with Crippen molar-refractivity contribution in [2.75, 3.05) is 0 Å². The molecule has 0 radical (unpaired) electrons. The molecule has 0 saturated heterocycles. The molecule has 4 bridgehead atoms. The second-order valence-electron chi connectivity index (χ2n) is 7.23. The third-order valence-corrected chi connectivity index (χ3v) is 5.98. The molecule has 4 heteroatoms. The number of hydrogen-bond acceptors (Lipinski definition) is 4. The van der Waals surface area contributed by atoms with Crippen molar-refractivity contribution in [1.82, 2.24) is 15.5 Å². The third-order valence-electron chi connectivity index (χ3n) is 5.98. The lowest BCUT2D eigenvalue weighted by Crippen LogP contribution is -2.54. The van der Waals surface area contributed by atoms with Crippen LogP contribution in [0.3, 0.4) is 0 Å². The SMILES string of the molecule is CC(NCc1ncon1)C12CC3CC(CC(C3)C1)C2. The van der Waals surface area contributed by atoms with Crippen LogP contribution in [0.5, 0.6) is 0 Å². The van der Waals surface area contributed by atoms with Gasteiger partial charge in [-0.25, -0.2) is 0 Å². The summed E-state index contributed by atoms with van der Waals surface area (Å²) < 4.78 is 4.79. The Hall–Kier alpha value is -0.900. The van der Waals surface area contributed by atoms with E-state index in [0.29, 0.717) is 11.5 Å². The Morgan fingerprint density at radius 2 is 1.89 bits per heavy atom. The van der Waals surface area contributed by atoms with Crippen LogP contribution in [0.2, 0.25) is 0 Å².